The maximum Gasteiger partial charge on any atom is 0.164 e. The molecular weight excluding hydrogens is 1460 g/mol. The molecule has 0 amide bonds. The van der Waals surface area contributed by atoms with E-state index in [1.54, 1.807) is 7.11 Å². The van der Waals surface area contributed by atoms with E-state index in [4.69, 9.17) is 14.7 Å². The maximum absolute atomic E-state index is 6.34. The fourth-order valence-electron chi connectivity index (χ4n) is 19.2. The quantitative estimate of drug-likeness (QED) is 0.108. The molecule has 0 atom stereocenters. The standard InChI is InChI=1S/C113H72N6O/c1-120-109-59-49-76-33-21-23-39-91(76)111(109)113-114-100-50-40-75-32-20-22-38-90(75)110(100)112(115-113)85-60-88(118-105-53-43-79(73-28-12-4-13-29-73)64-94(105)98-68-83(47-57-107(98)118)81-45-55-103-96(66-81)92-62-77(71-24-8-2-9-25-71)41-51-101(92)116(103)86-34-16-6-17-35-86)70-89(61-85)119-106-54-44-80(74-30-14-5-15-31-74)65-95(106)99-69-84(48-58-108(99)119)82-46-56-104-97(67-82)93-63-78(72-26-10-3-11-27-72)42-52-102(93)117(104)87-36-18-7-19-37-87/h2-70H,1H3. The predicted molar refractivity (Wildman–Crippen MR) is 502 cm³/mol. The van der Waals surface area contributed by atoms with Gasteiger partial charge in [-0.25, -0.2) is 9.97 Å². The van der Waals surface area contributed by atoms with Crippen LogP contribution in [0.2, 0.25) is 0 Å². The third-order valence-corrected chi connectivity index (χ3v) is 24.8. The van der Waals surface area contributed by atoms with Crippen molar-refractivity contribution in [2.24, 2.45) is 0 Å². The molecule has 24 aromatic rings. The smallest absolute Gasteiger partial charge is 0.164 e. The molecule has 0 aliphatic rings. The van der Waals surface area contributed by atoms with E-state index in [1.807, 2.05) is 6.07 Å². The van der Waals surface area contributed by atoms with Gasteiger partial charge in [0.05, 0.1) is 68.0 Å². The monoisotopic (exact) mass is 1530 g/mol. The van der Waals surface area contributed by atoms with E-state index in [0.29, 0.717) is 11.6 Å². The Hall–Kier alpha value is -16.0. The van der Waals surface area contributed by atoms with E-state index in [9.17, 15) is 0 Å². The molecule has 0 saturated carbocycles. The van der Waals surface area contributed by atoms with Gasteiger partial charge in [0.1, 0.15) is 5.75 Å². The largest absolute Gasteiger partial charge is 0.496 e. The molecule has 0 unspecified atom stereocenters. The van der Waals surface area contributed by atoms with E-state index in [-0.39, 0.29) is 0 Å². The zero-order valence-electron chi connectivity index (χ0n) is 65.4. The van der Waals surface area contributed by atoms with E-state index in [0.717, 1.165) is 182 Å². The normalized spacial score (nSPS) is 11.9. The number of benzene rings is 19. The van der Waals surface area contributed by atoms with Gasteiger partial charge in [-0.3, -0.25) is 0 Å². The van der Waals surface area contributed by atoms with E-state index >= 15 is 0 Å². The van der Waals surface area contributed by atoms with Crippen LogP contribution in [-0.2, 0) is 0 Å². The molecule has 0 bridgehead atoms. The van der Waals surface area contributed by atoms with Crippen molar-refractivity contribution in [2.45, 2.75) is 0 Å². The molecule has 19 aromatic carbocycles. The van der Waals surface area contributed by atoms with Gasteiger partial charge in [-0.1, -0.05) is 267 Å². The zero-order valence-corrected chi connectivity index (χ0v) is 65.4. The van der Waals surface area contributed by atoms with E-state index < -0.39 is 0 Å². The average molecular weight is 1530 g/mol. The highest BCUT2D eigenvalue weighted by Gasteiger charge is 2.26. The number of fused-ring (bicyclic) bond motifs is 16. The summed E-state index contributed by atoms with van der Waals surface area (Å²) >= 11 is 0. The van der Waals surface area contributed by atoms with Crippen LogP contribution in [0, 0.1) is 0 Å². The predicted octanol–water partition coefficient (Wildman–Crippen LogP) is 29.7. The number of ether oxygens (including phenoxy) is 1. The lowest BCUT2D eigenvalue weighted by atomic mass is 9.98. The molecule has 5 heterocycles. The Morgan fingerprint density at radius 3 is 0.825 bits per heavy atom. The van der Waals surface area contributed by atoms with Crippen molar-refractivity contribution in [2.75, 3.05) is 7.11 Å². The molecule has 560 valence electrons. The van der Waals surface area contributed by atoms with Gasteiger partial charge in [0.2, 0.25) is 0 Å². The lowest BCUT2D eigenvalue weighted by Crippen LogP contribution is -2.02. The number of hydrogen-bond donors (Lipinski definition) is 0. The first-order chi connectivity index (χ1) is 59.4. The van der Waals surface area contributed by atoms with Crippen molar-refractivity contribution in [3.05, 3.63) is 419 Å². The van der Waals surface area contributed by atoms with Gasteiger partial charge in [0, 0.05) is 76.8 Å². The summed E-state index contributed by atoms with van der Waals surface area (Å²) in [6.07, 6.45) is 0. The summed E-state index contributed by atoms with van der Waals surface area (Å²) in [6.45, 7) is 0. The minimum atomic E-state index is 0.572. The fraction of sp³-hybridized carbons (Fsp3) is 0.00885. The van der Waals surface area contributed by atoms with Gasteiger partial charge in [-0.2, -0.15) is 0 Å². The van der Waals surface area contributed by atoms with E-state index in [2.05, 4.69) is 431 Å². The number of rotatable bonds is 13. The van der Waals surface area contributed by atoms with Crippen LogP contribution in [0.3, 0.4) is 0 Å². The lowest BCUT2D eigenvalue weighted by molar-refractivity contribution is 0.416. The number of aromatic nitrogens is 6. The molecule has 7 heteroatoms. The average Bonchev–Trinajstić information content (AvgIpc) is 1.53. The minimum Gasteiger partial charge on any atom is -0.496 e. The molecule has 120 heavy (non-hydrogen) atoms. The van der Waals surface area contributed by atoms with Crippen LogP contribution in [0.5, 0.6) is 5.75 Å². The van der Waals surface area contributed by atoms with Crippen LogP contribution in [-0.4, -0.2) is 35.3 Å². The summed E-state index contributed by atoms with van der Waals surface area (Å²) in [7, 11) is 1.74. The summed E-state index contributed by atoms with van der Waals surface area (Å²) in [5.41, 5.74) is 30.2. The molecular formula is C113H72N6O. The summed E-state index contributed by atoms with van der Waals surface area (Å²) in [6, 6.07) is 154. The molecule has 5 aromatic heterocycles. The first-order valence-electron chi connectivity index (χ1n) is 41.0. The van der Waals surface area contributed by atoms with Crippen molar-refractivity contribution < 1.29 is 4.74 Å². The van der Waals surface area contributed by atoms with Crippen LogP contribution in [0.4, 0.5) is 0 Å². The Morgan fingerprint density at radius 2 is 0.483 bits per heavy atom. The van der Waals surface area contributed by atoms with Crippen LogP contribution < -0.4 is 4.74 Å². The van der Waals surface area contributed by atoms with Gasteiger partial charge in [0.25, 0.3) is 0 Å². The molecule has 0 radical (unpaired) electrons. The molecule has 24 rings (SSSR count). The fourth-order valence-corrected chi connectivity index (χ4v) is 19.2. The molecule has 0 aliphatic heterocycles. The Balaban J connectivity index is 0.768. The SMILES string of the molecule is COc1ccc2ccccc2c1-c1nc(-c2cc(-n3c4ccc(-c5ccccc5)cc4c4cc(-c5ccc6c(c5)c5cc(-c7ccccc7)ccc5n6-c5ccccc5)ccc43)cc(-n3c4ccc(-c5ccccc5)cc4c4cc(-c5ccc6c(c5)c5cc(-c7ccccc7)ccc5n6-c5ccccc5)ccc43)c2)c2c(ccc3ccccc32)n1. The zero-order chi connectivity index (χ0) is 79.0. The lowest BCUT2D eigenvalue weighted by Gasteiger charge is -2.18. The van der Waals surface area contributed by atoms with E-state index in [1.165, 1.54) is 43.8 Å². The minimum absolute atomic E-state index is 0.572. The van der Waals surface area contributed by atoms with Crippen LogP contribution in [0.15, 0.2) is 419 Å². The second kappa shape index (κ2) is 27.6. The van der Waals surface area contributed by atoms with Gasteiger partial charge in [-0.15, -0.1) is 0 Å². The van der Waals surface area contributed by atoms with Crippen molar-refractivity contribution in [1.29, 1.82) is 0 Å². The molecule has 0 saturated heterocycles. The van der Waals surface area contributed by atoms with Gasteiger partial charge in [-0.05, 0) is 240 Å². The van der Waals surface area contributed by atoms with Gasteiger partial charge >= 0.3 is 0 Å². The second-order valence-electron chi connectivity index (χ2n) is 31.5. The third-order valence-electron chi connectivity index (χ3n) is 24.8. The first-order valence-corrected chi connectivity index (χ1v) is 41.0. The summed E-state index contributed by atoms with van der Waals surface area (Å²) in [5.74, 6) is 1.27. The highest BCUT2D eigenvalue weighted by molar-refractivity contribution is 6.18. The molecule has 0 N–H and O–H groups in total. The van der Waals surface area contributed by atoms with Crippen molar-refractivity contribution in [1.82, 2.24) is 28.2 Å². The Kier molecular flexibility index (Phi) is 15.8. The van der Waals surface area contributed by atoms with Crippen molar-refractivity contribution >= 4 is 120 Å². The number of para-hydroxylation sites is 2. The molecule has 0 fully saturated rings. The Bertz CT molecular complexity index is 7910. The highest BCUT2D eigenvalue weighted by Crippen LogP contribution is 2.48. The highest BCUT2D eigenvalue weighted by atomic mass is 16.5. The number of methoxy groups -OCH3 is 1. The summed E-state index contributed by atoms with van der Waals surface area (Å²) in [4.78, 5) is 11.6. The number of nitrogens with zero attached hydrogens (tertiary/aromatic N) is 6. The maximum atomic E-state index is 6.34. The summed E-state index contributed by atoms with van der Waals surface area (Å²) in [5, 5.41) is 14.5. The third kappa shape index (κ3) is 11.1. The first kappa shape index (κ1) is 68.4. The topological polar surface area (TPSA) is 54.7 Å². The van der Waals surface area contributed by atoms with Crippen LogP contribution in [0.1, 0.15) is 0 Å². The molecule has 7 nitrogen and oxygen atoms in total. The van der Waals surface area contributed by atoms with Crippen LogP contribution >= 0.6 is 0 Å². The Morgan fingerprint density at radius 1 is 0.200 bits per heavy atom. The second-order valence-corrected chi connectivity index (χ2v) is 31.5. The van der Waals surface area contributed by atoms with Gasteiger partial charge < -0.3 is 23.0 Å². The molecule has 0 aliphatic carbocycles. The van der Waals surface area contributed by atoms with Crippen molar-refractivity contribution in [3.8, 4) is 118 Å². The Labute approximate surface area is 691 Å². The number of hydrogen-bond acceptors (Lipinski definition) is 3. The van der Waals surface area contributed by atoms with Crippen LogP contribution in [0.25, 0.3) is 232 Å². The summed E-state index contributed by atoms with van der Waals surface area (Å²) < 4.78 is 16.2. The van der Waals surface area contributed by atoms with Crippen molar-refractivity contribution in [3.63, 3.8) is 0 Å². The van der Waals surface area contributed by atoms with Gasteiger partial charge in [0.15, 0.2) is 5.82 Å². The molecule has 0 spiro atoms.